The van der Waals surface area contributed by atoms with Crippen molar-refractivity contribution in [2.75, 3.05) is 7.11 Å². The summed E-state index contributed by atoms with van der Waals surface area (Å²) in [5.74, 6) is 0.745. The highest BCUT2D eigenvalue weighted by Crippen LogP contribution is 2.17. The van der Waals surface area contributed by atoms with E-state index in [2.05, 4.69) is 19.6 Å². The maximum Gasteiger partial charge on any atom is 0.139 e. The van der Waals surface area contributed by atoms with Gasteiger partial charge in [0, 0.05) is 5.56 Å². The van der Waals surface area contributed by atoms with Crippen molar-refractivity contribution >= 4 is 13.5 Å². The van der Waals surface area contributed by atoms with Crippen LogP contribution in [0.3, 0.4) is 0 Å². The molecule has 1 aromatic rings. The van der Waals surface area contributed by atoms with E-state index >= 15 is 0 Å². The van der Waals surface area contributed by atoms with E-state index in [1.807, 2.05) is 18.2 Å². The monoisotopic (exact) mass is 208 g/mol. The zero-order valence-electron chi connectivity index (χ0n) is 9.13. The summed E-state index contributed by atoms with van der Waals surface area (Å²) in [6, 6.07) is 7.36. The predicted molar refractivity (Wildman–Crippen MR) is 60.7 cm³/mol. The molecular weight excluding hydrogens is 192 g/mol. The fourth-order valence-corrected chi connectivity index (χ4v) is 2.22. The molecule has 14 heavy (non-hydrogen) atoms. The van der Waals surface area contributed by atoms with Gasteiger partial charge >= 0.3 is 0 Å². The summed E-state index contributed by atoms with van der Waals surface area (Å²) in [5.41, 5.74) is 0.767. The largest absolute Gasteiger partial charge is 0.497 e. The second-order valence-electron chi connectivity index (χ2n) is 4.31. The first-order chi connectivity index (χ1) is 6.45. The average Bonchev–Trinajstić information content (AvgIpc) is 2.15. The van der Waals surface area contributed by atoms with Gasteiger partial charge in [-0.15, -0.1) is 0 Å². The summed E-state index contributed by atoms with van der Waals surface area (Å²) in [5, 5.41) is 0.274. The number of carbonyl (C=O) groups excluding carboxylic acids is 1. The second-order valence-corrected chi connectivity index (χ2v) is 9.27. The van der Waals surface area contributed by atoms with Crippen molar-refractivity contribution < 1.29 is 9.53 Å². The van der Waals surface area contributed by atoms with Crippen LogP contribution in [0.4, 0.5) is 0 Å². The minimum absolute atomic E-state index is 0.274. The fourth-order valence-electron chi connectivity index (χ4n) is 1.20. The first-order valence-corrected chi connectivity index (χ1v) is 8.14. The first-order valence-electron chi connectivity index (χ1n) is 4.64. The Morgan fingerprint density at radius 2 is 1.93 bits per heavy atom. The molecule has 0 saturated carbocycles. The number of hydrogen-bond donors (Lipinski definition) is 0. The van der Waals surface area contributed by atoms with E-state index in [0.29, 0.717) is 0 Å². The van der Waals surface area contributed by atoms with Crippen molar-refractivity contribution in [3.8, 4) is 5.75 Å². The minimum atomic E-state index is -1.73. The highest BCUT2D eigenvalue weighted by Gasteiger charge is 2.25. The smallest absolute Gasteiger partial charge is 0.139 e. The number of benzene rings is 1. The Labute approximate surface area is 85.9 Å². The Hall–Kier alpha value is -1.09. The molecule has 1 rings (SSSR count). The van der Waals surface area contributed by atoms with Crippen LogP contribution in [0.15, 0.2) is 24.3 Å². The normalized spacial score (nSPS) is 11.1. The van der Waals surface area contributed by atoms with Gasteiger partial charge in [0.15, 0.2) is 0 Å². The van der Waals surface area contributed by atoms with Gasteiger partial charge in [-0.25, -0.2) is 0 Å². The molecule has 3 heteroatoms. The van der Waals surface area contributed by atoms with Crippen LogP contribution >= 0.6 is 0 Å². The maximum atomic E-state index is 11.9. The number of methoxy groups -OCH3 is 1. The van der Waals surface area contributed by atoms with E-state index in [4.69, 9.17) is 4.74 Å². The quantitative estimate of drug-likeness (QED) is 0.714. The molecule has 0 fully saturated rings. The SMILES string of the molecule is COc1cccc(C(=O)[Si](C)(C)C)c1. The summed E-state index contributed by atoms with van der Waals surface area (Å²) in [6.07, 6.45) is 0. The lowest BCUT2D eigenvalue weighted by Crippen LogP contribution is -2.33. The predicted octanol–water partition coefficient (Wildman–Crippen LogP) is 2.76. The number of carbonyl (C=O) groups is 1. The molecule has 0 aliphatic heterocycles. The van der Waals surface area contributed by atoms with Gasteiger partial charge in [0.2, 0.25) is 0 Å². The topological polar surface area (TPSA) is 26.3 Å². The molecule has 1 aromatic carbocycles. The number of rotatable bonds is 3. The van der Waals surface area contributed by atoms with Gasteiger partial charge in [0.05, 0.1) is 7.11 Å². The molecule has 2 nitrogen and oxygen atoms in total. The summed E-state index contributed by atoms with van der Waals surface area (Å²) >= 11 is 0. The molecule has 0 aromatic heterocycles. The molecule has 0 bridgehead atoms. The minimum Gasteiger partial charge on any atom is -0.497 e. The summed E-state index contributed by atoms with van der Waals surface area (Å²) in [4.78, 5) is 11.9. The molecule has 76 valence electrons. The van der Waals surface area contributed by atoms with Crippen LogP contribution in [0.1, 0.15) is 10.4 Å². The Morgan fingerprint density at radius 3 is 2.43 bits per heavy atom. The third-order valence-electron chi connectivity index (χ3n) is 2.01. The number of hydrogen-bond acceptors (Lipinski definition) is 2. The lowest BCUT2D eigenvalue weighted by molar-refractivity contribution is 0.106. The van der Waals surface area contributed by atoms with Crippen LogP contribution in [-0.2, 0) is 0 Å². The lowest BCUT2D eigenvalue weighted by Gasteiger charge is -2.14. The Balaban J connectivity index is 3.02. The van der Waals surface area contributed by atoms with Crippen molar-refractivity contribution in [1.82, 2.24) is 0 Å². The third kappa shape index (κ3) is 2.45. The van der Waals surface area contributed by atoms with E-state index in [-0.39, 0.29) is 5.41 Å². The van der Waals surface area contributed by atoms with Crippen LogP contribution in [-0.4, -0.2) is 20.6 Å². The van der Waals surface area contributed by atoms with Gasteiger partial charge < -0.3 is 9.53 Å². The Bertz CT molecular complexity index is 339. The van der Waals surface area contributed by atoms with Gasteiger partial charge in [-0.1, -0.05) is 31.8 Å². The van der Waals surface area contributed by atoms with Gasteiger partial charge in [-0.05, 0) is 12.1 Å². The maximum absolute atomic E-state index is 11.9. The van der Waals surface area contributed by atoms with Gasteiger partial charge in [-0.2, -0.15) is 0 Å². The fraction of sp³-hybridized carbons (Fsp3) is 0.364. The van der Waals surface area contributed by atoms with Crippen molar-refractivity contribution in [2.24, 2.45) is 0 Å². The van der Waals surface area contributed by atoms with Crippen molar-refractivity contribution in [3.63, 3.8) is 0 Å². The highest BCUT2D eigenvalue weighted by atomic mass is 28.3. The Kier molecular flexibility index (Phi) is 3.11. The molecule has 0 aliphatic rings. The summed E-state index contributed by atoms with van der Waals surface area (Å²) in [6.45, 7) is 6.15. The molecule has 0 heterocycles. The van der Waals surface area contributed by atoms with Gasteiger partial charge in [-0.3, -0.25) is 0 Å². The van der Waals surface area contributed by atoms with Gasteiger partial charge in [0.25, 0.3) is 0 Å². The zero-order chi connectivity index (χ0) is 10.8. The number of ether oxygens (including phenoxy) is 1. The van der Waals surface area contributed by atoms with Crippen LogP contribution in [0.5, 0.6) is 5.75 Å². The Morgan fingerprint density at radius 1 is 1.29 bits per heavy atom. The van der Waals surface area contributed by atoms with Gasteiger partial charge in [0.1, 0.15) is 19.2 Å². The van der Waals surface area contributed by atoms with E-state index in [1.165, 1.54) is 0 Å². The van der Waals surface area contributed by atoms with E-state index < -0.39 is 8.07 Å². The molecule has 0 aliphatic carbocycles. The van der Waals surface area contributed by atoms with Crippen LogP contribution in [0, 0.1) is 0 Å². The molecule has 0 amide bonds. The van der Waals surface area contributed by atoms with Crippen molar-refractivity contribution in [3.05, 3.63) is 29.8 Å². The second kappa shape index (κ2) is 3.96. The highest BCUT2D eigenvalue weighted by molar-refractivity contribution is 7.05. The van der Waals surface area contributed by atoms with Crippen molar-refractivity contribution in [1.29, 1.82) is 0 Å². The van der Waals surface area contributed by atoms with E-state index in [9.17, 15) is 4.79 Å². The first kappa shape index (κ1) is 11.0. The molecular formula is C11H16O2Si. The molecule has 0 radical (unpaired) electrons. The molecule has 0 saturated heterocycles. The molecule has 0 atom stereocenters. The third-order valence-corrected chi connectivity index (χ3v) is 3.66. The van der Waals surface area contributed by atoms with Crippen LogP contribution in [0.2, 0.25) is 19.6 Å². The van der Waals surface area contributed by atoms with Crippen LogP contribution in [0.25, 0.3) is 0 Å². The summed E-state index contributed by atoms with van der Waals surface area (Å²) in [7, 11) is -0.122. The lowest BCUT2D eigenvalue weighted by atomic mass is 10.2. The van der Waals surface area contributed by atoms with E-state index in [0.717, 1.165) is 11.3 Å². The van der Waals surface area contributed by atoms with Crippen molar-refractivity contribution in [2.45, 2.75) is 19.6 Å². The molecule has 0 spiro atoms. The van der Waals surface area contributed by atoms with E-state index in [1.54, 1.807) is 13.2 Å². The average molecular weight is 208 g/mol. The zero-order valence-corrected chi connectivity index (χ0v) is 10.1. The standard InChI is InChI=1S/C11H16O2Si/c1-13-10-7-5-6-9(8-10)11(12)14(2,3)4/h5-8H,1-4H3. The molecule has 0 N–H and O–H groups in total. The van der Waals surface area contributed by atoms with Crippen LogP contribution < -0.4 is 4.74 Å². The molecule has 0 unspecified atom stereocenters. The summed E-state index contributed by atoms with van der Waals surface area (Å²) < 4.78 is 5.08.